The highest BCUT2D eigenvalue weighted by Gasteiger charge is 2.24. The molecule has 0 bridgehead atoms. The monoisotopic (exact) mass is 286 g/mol. The van der Waals surface area contributed by atoms with Crippen molar-refractivity contribution < 1.29 is 14.6 Å². The molecule has 110 valence electrons. The summed E-state index contributed by atoms with van der Waals surface area (Å²) >= 11 is 0. The number of ether oxygens (including phenoxy) is 1. The molecule has 1 aromatic heterocycles. The molecule has 5 heteroatoms. The van der Waals surface area contributed by atoms with Crippen molar-refractivity contribution in [1.82, 2.24) is 4.98 Å². The zero-order chi connectivity index (χ0) is 14.8. The summed E-state index contributed by atoms with van der Waals surface area (Å²) in [6, 6.07) is 7.72. The van der Waals surface area contributed by atoms with Crippen molar-refractivity contribution in [3.63, 3.8) is 0 Å². The molecule has 0 amide bonds. The fourth-order valence-electron chi connectivity index (χ4n) is 2.75. The highest BCUT2D eigenvalue weighted by molar-refractivity contribution is 6.04. The summed E-state index contributed by atoms with van der Waals surface area (Å²) < 4.78 is 5.41. The van der Waals surface area contributed by atoms with Gasteiger partial charge >= 0.3 is 5.97 Å². The molecule has 2 N–H and O–H groups in total. The smallest absolute Gasteiger partial charge is 0.339 e. The summed E-state index contributed by atoms with van der Waals surface area (Å²) in [6.07, 6.45) is 2.42. The van der Waals surface area contributed by atoms with E-state index in [0.717, 1.165) is 30.5 Å². The third-order valence-corrected chi connectivity index (χ3v) is 4.05. The molecule has 1 aliphatic rings. The van der Waals surface area contributed by atoms with Crippen LogP contribution in [0.5, 0.6) is 0 Å². The van der Waals surface area contributed by atoms with Gasteiger partial charge in [-0.15, -0.1) is 0 Å². The van der Waals surface area contributed by atoms with Crippen LogP contribution in [0, 0.1) is 5.92 Å². The minimum atomic E-state index is -0.967. The van der Waals surface area contributed by atoms with Crippen LogP contribution in [-0.2, 0) is 4.74 Å². The summed E-state index contributed by atoms with van der Waals surface area (Å²) in [7, 11) is 0. The molecule has 1 fully saturated rings. The van der Waals surface area contributed by atoms with Gasteiger partial charge in [-0.3, -0.25) is 4.98 Å². The van der Waals surface area contributed by atoms with Crippen molar-refractivity contribution in [1.29, 1.82) is 0 Å². The maximum atomic E-state index is 11.5. The van der Waals surface area contributed by atoms with Gasteiger partial charge in [-0.2, -0.15) is 0 Å². The molecular weight excluding hydrogens is 268 g/mol. The van der Waals surface area contributed by atoms with Gasteiger partial charge < -0.3 is 15.2 Å². The highest BCUT2D eigenvalue weighted by Crippen LogP contribution is 2.29. The number of carboxylic acid groups (broad SMARTS) is 1. The standard InChI is InChI=1S/C16H18N2O3/c1-10(11-6-7-21-9-11)18-15-12-4-2-3-5-14(12)17-8-13(15)16(19)20/h2-5,8,10-11H,6-7,9H2,1H3,(H,17,18)(H,19,20). The minimum absolute atomic E-state index is 0.149. The van der Waals surface area contributed by atoms with Crippen molar-refractivity contribution >= 4 is 22.6 Å². The summed E-state index contributed by atoms with van der Waals surface area (Å²) in [5.41, 5.74) is 1.65. The van der Waals surface area contributed by atoms with Crippen molar-refractivity contribution in [2.45, 2.75) is 19.4 Å². The lowest BCUT2D eigenvalue weighted by Gasteiger charge is -2.22. The SMILES string of the molecule is CC(Nc1c(C(=O)O)cnc2ccccc12)C1CCOC1. The number of carbonyl (C=O) groups is 1. The van der Waals surface area contributed by atoms with E-state index in [-0.39, 0.29) is 11.6 Å². The van der Waals surface area contributed by atoms with E-state index in [1.54, 1.807) is 0 Å². The third-order valence-electron chi connectivity index (χ3n) is 4.05. The van der Waals surface area contributed by atoms with Crippen LogP contribution in [0.2, 0.25) is 0 Å². The molecular formula is C16H18N2O3. The molecule has 1 aliphatic heterocycles. The Hall–Kier alpha value is -2.14. The number of pyridine rings is 1. The Morgan fingerprint density at radius 1 is 1.48 bits per heavy atom. The first kappa shape index (κ1) is 13.8. The van der Waals surface area contributed by atoms with E-state index in [0.29, 0.717) is 11.6 Å². The second-order valence-corrected chi connectivity index (χ2v) is 5.43. The van der Waals surface area contributed by atoms with Crippen LogP contribution in [0.1, 0.15) is 23.7 Å². The average Bonchev–Trinajstić information content (AvgIpc) is 3.01. The Bertz CT molecular complexity index is 666. The Morgan fingerprint density at radius 2 is 2.29 bits per heavy atom. The quantitative estimate of drug-likeness (QED) is 0.904. The lowest BCUT2D eigenvalue weighted by atomic mass is 9.99. The molecule has 0 aliphatic carbocycles. The van der Waals surface area contributed by atoms with E-state index in [2.05, 4.69) is 17.2 Å². The second kappa shape index (κ2) is 5.69. The van der Waals surface area contributed by atoms with E-state index in [4.69, 9.17) is 4.74 Å². The van der Waals surface area contributed by atoms with E-state index in [9.17, 15) is 9.90 Å². The van der Waals surface area contributed by atoms with E-state index < -0.39 is 5.97 Å². The minimum Gasteiger partial charge on any atom is -0.478 e. The van der Waals surface area contributed by atoms with Crippen LogP contribution < -0.4 is 5.32 Å². The van der Waals surface area contributed by atoms with Crippen LogP contribution >= 0.6 is 0 Å². The number of fused-ring (bicyclic) bond motifs is 1. The van der Waals surface area contributed by atoms with Crippen LogP contribution in [-0.4, -0.2) is 35.3 Å². The van der Waals surface area contributed by atoms with Gasteiger partial charge in [0.15, 0.2) is 0 Å². The molecule has 5 nitrogen and oxygen atoms in total. The molecule has 2 heterocycles. The average molecular weight is 286 g/mol. The van der Waals surface area contributed by atoms with Crippen molar-refractivity contribution in [3.8, 4) is 0 Å². The highest BCUT2D eigenvalue weighted by atomic mass is 16.5. The number of carboxylic acids is 1. The number of nitrogens with zero attached hydrogens (tertiary/aromatic N) is 1. The molecule has 1 saturated heterocycles. The Balaban J connectivity index is 2.01. The third kappa shape index (κ3) is 2.69. The van der Waals surface area contributed by atoms with Crippen molar-refractivity contribution in [3.05, 3.63) is 36.0 Å². The number of nitrogens with one attached hydrogen (secondary N) is 1. The van der Waals surface area contributed by atoms with Gasteiger partial charge in [-0.05, 0) is 19.4 Å². The number of anilines is 1. The Morgan fingerprint density at radius 3 is 3.00 bits per heavy atom. The Labute approximate surface area is 123 Å². The number of aromatic carboxylic acids is 1. The van der Waals surface area contributed by atoms with Crippen LogP contribution in [0.3, 0.4) is 0 Å². The zero-order valence-electron chi connectivity index (χ0n) is 11.9. The summed E-state index contributed by atoms with van der Waals surface area (Å²) in [6.45, 7) is 3.57. The van der Waals surface area contributed by atoms with Gasteiger partial charge in [0.25, 0.3) is 0 Å². The summed E-state index contributed by atoms with van der Waals surface area (Å²) in [5, 5.41) is 13.6. The number of aromatic nitrogens is 1. The first-order valence-corrected chi connectivity index (χ1v) is 7.12. The Kier molecular flexibility index (Phi) is 3.75. The normalized spacial score (nSPS) is 19.6. The molecule has 0 saturated carbocycles. The number of para-hydroxylation sites is 1. The van der Waals surface area contributed by atoms with Gasteiger partial charge in [0.2, 0.25) is 0 Å². The first-order chi connectivity index (χ1) is 10.2. The fraction of sp³-hybridized carbons (Fsp3) is 0.375. The zero-order valence-corrected chi connectivity index (χ0v) is 11.9. The topological polar surface area (TPSA) is 71.5 Å². The lowest BCUT2D eigenvalue weighted by Crippen LogP contribution is -2.27. The van der Waals surface area contributed by atoms with Gasteiger partial charge in [0.1, 0.15) is 5.56 Å². The molecule has 3 rings (SSSR count). The van der Waals surface area contributed by atoms with Crippen molar-refractivity contribution in [2.24, 2.45) is 5.92 Å². The molecule has 2 unspecified atom stereocenters. The predicted octanol–water partition coefficient (Wildman–Crippen LogP) is 2.77. The number of benzene rings is 1. The van der Waals surface area contributed by atoms with Crippen LogP contribution in [0.4, 0.5) is 5.69 Å². The molecule has 0 spiro atoms. The number of hydrogen-bond donors (Lipinski definition) is 2. The number of rotatable bonds is 4. The van der Waals surface area contributed by atoms with Crippen molar-refractivity contribution in [2.75, 3.05) is 18.5 Å². The predicted molar refractivity (Wildman–Crippen MR) is 80.7 cm³/mol. The van der Waals surface area contributed by atoms with E-state index >= 15 is 0 Å². The maximum Gasteiger partial charge on any atom is 0.339 e. The number of hydrogen-bond acceptors (Lipinski definition) is 4. The summed E-state index contributed by atoms with van der Waals surface area (Å²) in [5.74, 6) is -0.566. The molecule has 2 atom stereocenters. The molecule has 0 radical (unpaired) electrons. The van der Waals surface area contributed by atoms with Gasteiger partial charge in [0, 0.05) is 30.1 Å². The molecule has 21 heavy (non-hydrogen) atoms. The van der Waals surface area contributed by atoms with E-state index in [1.807, 2.05) is 24.3 Å². The largest absolute Gasteiger partial charge is 0.478 e. The first-order valence-electron chi connectivity index (χ1n) is 7.12. The molecule has 2 aromatic rings. The van der Waals surface area contributed by atoms with Gasteiger partial charge in [0.05, 0.1) is 17.8 Å². The van der Waals surface area contributed by atoms with Gasteiger partial charge in [-0.1, -0.05) is 18.2 Å². The van der Waals surface area contributed by atoms with Crippen LogP contribution in [0.15, 0.2) is 30.5 Å². The maximum absolute atomic E-state index is 11.5. The van der Waals surface area contributed by atoms with E-state index in [1.165, 1.54) is 6.20 Å². The fourth-order valence-corrected chi connectivity index (χ4v) is 2.75. The lowest BCUT2D eigenvalue weighted by molar-refractivity contribution is 0.0697. The van der Waals surface area contributed by atoms with Crippen LogP contribution in [0.25, 0.3) is 10.9 Å². The molecule has 1 aromatic carbocycles. The summed E-state index contributed by atoms with van der Waals surface area (Å²) in [4.78, 5) is 15.7. The van der Waals surface area contributed by atoms with Gasteiger partial charge in [-0.25, -0.2) is 4.79 Å². The second-order valence-electron chi connectivity index (χ2n) is 5.43.